The van der Waals surface area contributed by atoms with Gasteiger partial charge in [0.05, 0.1) is 7.11 Å². The van der Waals surface area contributed by atoms with Crippen LogP contribution >= 0.6 is 0 Å². The van der Waals surface area contributed by atoms with E-state index in [1.54, 1.807) is 24.3 Å². The molecule has 1 aromatic carbocycles. The van der Waals surface area contributed by atoms with E-state index in [-0.39, 0.29) is 12.4 Å². The van der Waals surface area contributed by atoms with E-state index in [2.05, 4.69) is 14.8 Å². The molecule has 0 atom stereocenters. The Balaban J connectivity index is 2.10. The van der Waals surface area contributed by atoms with E-state index in [0.29, 0.717) is 11.4 Å². The van der Waals surface area contributed by atoms with Crippen LogP contribution in [0.15, 0.2) is 30.6 Å². The number of hydrogen-bond donors (Lipinski definition) is 0. The van der Waals surface area contributed by atoms with Crippen molar-refractivity contribution in [1.82, 2.24) is 14.8 Å². The summed E-state index contributed by atoms with van der Waals surface area (Å²) in [5, 5.41) is 3.96. The monoisotopic (exact) mass is 319 g/mol. The summed E-state index contributed by atoms with van der Waals surface area (Å²) in [4.78, 5) is 3.87. The van der Waals surface area contributed by atoms with Gasteiger partial charge in [0.2, 0.25) is 0 Å². The maximum Gasteiger partial charge on any atom is 0.330 e. The van der Waals surface area contributed by atoms with Crippen molar-refractivity contribution in [2.75, 3.05) is 13.7 Å². The highest BCUT2D eigenvalue weighted by molar-refractivity contribution is 5.46. The molecule has 0 saturated carbocycles. The molecule has 2 rings (SSSR count). The summed E-state index contributed by atoms with van der Waals surface area (Å²) in [7, 11) is 1.47. The van der Waals surface area contributed by atoms with Gasteiger partial charge in [0, 0.05) is 0 Å². The summed E-state index contributed by atoms with van der Waals surface area (Å²) in [6, 6.07) is 6.85. The zero-order valence-electron chi connectivity index (χ0n) is 11.5. The van der Waals surface area contributed by atoms with E-state index in [0.717, 1.165) is 0 Å². The lowest BCUT2D eigenvalue weighted by Gasteiger charge is -2.15. The molecule has 9 heteroatoms. The van der Waals surface area contributed by atoms with E-state index in [1.165, 1.54) is 18.1 Å². The third kappa shape index (κ3) is 3.53. The Hall–Kier alpha value is -2.16. The lowest BCUT2D eigenvalue weighted by molar-refractivity contribution is -0.168. The van der Waals surface area contributed by atoms with Crippen LogP contribution in [-0.2, 0) is 11.3 Å². The largest absolute Gasteiger partial charge is 0.494 e. The van der Waals surface area contributed by atoms with Gasteiger partial charge in [-0.25, -0.2) is 18.4 Å². The van der Waals surface area contributed by atoms with E-state index in [9.17, 15) is 17.6 Å². The molecule has 0 spiro atoms. The molecular weight excluding hydrogens is 306 g/mol. The molecular formula is C13H13F4N3O2. The zero-order valence-corrected chi connectivity index (χ0v) is 11.5. The first-order chi connectivity index (χ1) is 10.5. The van der Waals surface area contributed by atoms with Gasteiger partial charge in [-0.1, -0.05) is 12.1 Å². The van der Waals surface area contributed by atoms with Gasteiger partial charge >= 0.3 is 12.3 Å². The number of nitrogens with zero attached hydrogens (tertiary/aromatic N) is 3. The molecule has 0 saturated heterocycles. The molecule has 2 aromatic rings. The summed E-state index contributed by atoms with van der Waals surface area (Å²) in [6.07, 6.45) is -2.57. The lowest BCUT2D eigenvalue weighted by Crippen LogP contribution is -2.32. The van der Waals surface area contributed by atoms with Crippen LogP contribution in [0, 0.1) is 0 Å². The molecule has 0 aliphatic rings. The molecule has 0 bridgehead atoms. The minimum Gasteiger partial charge on any atom is -0.494 e. The Bertz CT molecular complexity index is 619. The third-order valence-electron chi connectivity index (χ3n) is 2.78. The van der Waals surface area contributed by atoms with Crippen LogP contribution in [0.1, 0.15) is 5.82 Å². The number of ether oxygens (including phenoxy) is 2. The first-order valence-corrected chi connectivity index (χ1v) is 6.21. The number of aromatic nitrogens is 3. The van der Waals surface area contributed by atoms with Crippen molar-refractivity contribution >= 4 is 0 Å². The highest BCUT2D eigenvalue weighted by Crippen LogP contribution is 2.24. The summed E-state index contributed by atoms with van der Waals surface area (Å²) in [5.74, 6) is -3.52. The average molecular weight is 319 g/mol. The van der Waals surface area contributed by atoms with Crippen molar-refractivity contribution in [2.45, 2.75) is 19.0 Å². The second-order valence-corrected chi connectivity index (χ2v) is 4.31. The Morgan fingerprint density at radius 1 is 1.27 bits per heavy atom. The molecule has 0 radical (unpaired) electrons. The van der Waals surface area contributed by atoms with Crippen LogP contribution in [0.25, 0.3) is 5.69 Å². The predicted molar refractivity (Wildman–Crippen MR) is 68.5 cm³/mol. The average Bonchev–Trinajstić information content (AvgIpc) is 2.95. The van der Waals surface area contributed by atoms with Gasteiger partial charge in [0.1, 0.15) is 31.0 Å². The summed E-state index contributed by atoms with van der Waals surface area (Å²) >= 11 is 0. The lowest BCUT2D eigenvalue weighted by atomic mass is 10.3. The highest BCUT2D eigenvalue weighted by Gasteiger charge is 2.41. The molecule has 1 heterocycles. The number of benzene rings is 1. The van der Waals surface area contributed by atoms with Crippen LogP contribution in [0.5, 0.6) is 5.75 Å². The molecule has 0 aliphatic heterocycles. The van der Waals surface area contributed by atoms with Crippen LogP contribution in [-0.4, -0.2) is 40.8 Å². The number of para-hydroxylation sites is 2. The van der Waals surface area contributed by atoms with Crippen LogP contribution in [0.3, 0.4) is 0 Å². The SMILES string of the molecule is COc1ccccc1-n1ncnc1COCC(F)(F)C(F)F. The molecule has 0 N–H and O–H groups in total. The van der Waals surface area contributed by atoms with Crippen LogP contribution < -0.4 is 4.74 Å². The molecule has 1 aromatic heterocycles. The second-order valence-electron chi connectivity index (χ2n) is 4.31. The minimum atomic E-state index is -4.20. The van der Waals surface area contributed by atoms with Gasteiger partial charge in [-0.3, -0.25) is 0 Å². The van der Waals surface area contributed by atoms with E-state index in [1.807, 2.05) is 0 Å². The quantitative estimate of drug-likeness (QED) is 0.736. The van der Waals surface area contributed by atoms with Gasteiger partial charge in [-0.2, -0.15) is 13.9 Å². The first kappa shape index (κ1) is 16.2. The third-order valence-corrected chi connectivity index (χ3v) is 2.78. The maximum atomic E-state index is 12.8. The van der Waals surface area contributed by atoms with Crippen molar-refractivity contribution in [3.05, 3.63) is 36.4 Å². The van der Waals surface area contributed by atoms with E-state index < -0.39 is 19.0 Å². The second kappa shape index (κ2) is 6.73. The normalized spacial score (nSPS) is 11.9. The first-order valence-electron chi connectivity index (χ1n) is 6.21. The molecule has 0 aliphatic carbocycles. The van der Waals surface area contributed by atoms with Crippen molar-refractivity contribution in [1.29, 1.82) is 0 Å². The molecule has 0 amide bonds. The standard InChI is InChI=1S/C13H13F4N3O2/c1-21-10-5-3-2-4-9(10)20-11(18-8-19-20)6-22-7-13(16,17)12(14)15/h2-5,8,12H,6-7H2,1H3. The fraction of sp³-hybridized carbons (Fsp3) is 0.385. The van der Waals surface area contributed by atoms with Gasteiger partial charge in [-0.15, -0.1) is 0 Å². The summed E-state index contributed by atoms with van der Waals surface area (Å²) in [5.41, 5.74) is 0.529. The Morgan fingerprint density at radius 2 is 2.00 bits per heavy atom. The van der Waals surface area contributed by atoms with Gasteiger partial charge in [-0.05, 0) is 12.1 Å². The number of hydrogen-bond acceptors (Lipinski definition) is 4. The van der Waals surface area contributed by atoms with Gasteiger partial charge in [0.25, 0.3) is 0 Å². The van der Waals surface area contributed by atoms with Crippen LogP contribution in [0.2, 0.25) is 0 Å². The van der Waals surface area contributed by atoms with E-state index >= 15 is 0 Å². The predicted octanol–water partition coefficient (Wildman–Crippen LogP) is 2.69. The summed E-state index contributed by atoms with van der Waals surface area (Å²) in [6.45, 7) is -1.79. The van der Waals surface area contributed by atoms with Gasteiger partial charge < -0.3 is 9.47 Å². The topological polar surface area (TPSA) is 49.2 Å². The van der Waals surface area contributed by atoms with Crippen molar-refractivity contribution in [3.8, 4) is 11.4 Å². The van der Waals surface area contributed by atoms with Crippen molar-refractivity contribution < 1.29 is 27.0 Å². The number of rotatable bonds is 7. The minimum absolute atomic E-state index is 0.189. The Kier molecular flexibility index (Phi) is 4.96. The number of alkyl halides is 4. The number of halogens is 4. The smallest absolute Gasteiger partial charge is 0.330 e. The Labute approximate surface area is 123 Å². The molecule has 0 unspecified atom stereocenters. The Morgan fingerprint density at radius 3 is 2.68 bits per heavy atom. The highest BCUT2D eigenvalue weighted by atomic mass is 19.3. The van der Waals surface area contributed by atoms with Crippen LogP contribution in [0.4, 0.5) is 17.6 Å². The molecule has 5 nitrogen and oxygen atoms in total. The molecule has 120 valence electrons. The zero-order chi connectivity index (χ0) is 16.2. The fourth-order valence-electron chi connectivity index (χ4n) is 1.71. The molecule has 22 heavy (non-hydrogen) atoms. The maximum absolute atomic E-state index is 12.8. The molecule has 0 fully saturated rings. The fourth-order valence-corrected chi connectivity index (χ4v) is 1.71. The van der Waals surface area contributed by atoms with Crippen molar-refractivity contribution in [3.63, 3.8) is 0 Å². The summed E-state index contributed by atoms with van der Waals surface area (Å²) < 4.78 is 60.8. The van der Waals surface area contributed by atoms with Gasteiger partial charge in [0.15, 0.2) is 5.82 Å². The van der Waals surface area contributed by atoms with Crippen molar-refractivity contribution in [2.24, 2.45) is 0 Å². The number of methoxy groups -OCH3 is 1. The van der Waals surface area contributed by atoms with E-state index in [4.69, 9.17) is 4.74 Å².